The van der Waals surface area contributed by atoms with Crippen LogP contribution in [-0.4, -0.2) is 80.5 Å². The number of hydrogen-bond acceptors (Lipinski definition) is 10. The van der Waals surface area contributed by atoms with Crippen LogP contribution in [-0.2, 0) is 40.3 Å². The van der Waals surface area contributed by atoms with Gasteiger partial charge in [-0.25, -0.2) is 4.39 Å². The average Bonchev–Trinajstić information content (AvgIpc) is 3.62. The van der Waals surface area contributed by atoms with Gasteiger partial charge in [0, 0.05) is 40.3 Å². The predicted molar refractivity (Wildman–Crippen MR) is 209 cm³/mol. The zero-order valence-electron chi connectivity index (χ0n) is 33.4. The summed E-state index contributed by atoms with van der Waals surface area (Å²) in [5, 5.41) is 26.4. The van der Waals surface area contributed by atoms with Crippen molar-refractivity contribution in [2.75, 3.05) is 18.6 Å². The van der Waals surface area contributed by atoms with E-state index in [9.17, 15) is 29.4 Å². The third-order valence-electron chi connectivity index (χ3n) is 14.1. The molecule has 0 amide bonds. The second kappa shape index (κ2) is 15.0. The largest absolute Gasteiger partial charge is 0.746 e. The Labute approximate surface area is 332 Å². The Bertz CT molecular complexity index is 1820. The second-order valence-electron chi connectivity index (χ2n) is 18.8. The Balaban J connectivity index is 1.20. The number of hydrogen-bond donors (Lipinski definition) is 4. The molecule has 310 valence electrons. The number of ether oxygens (including phenoxy) is 2. The minimum Gasteiger partial charge on any atom is -0.746 e. The molecule has 1 aromatic rings. The maximum absolute atomic E-state index is 18.0. The number of fused-ring (bicyclic) bond motifs is 7. The first-order valence-corrected chi connectivity index (χ1v) is 23.6. The zero-order valence-corrected chi connectivity index (χ0v) is 35.1. The molecule has 14 heteroatoms. The number of benzene rings is 1. The Morgan fingerprint density at radius 3 is 2.57 bits per heavy atom. The van der Waals surface area contributed by atoms with Crippen molar-refractivity contribution in [3.63, 3.8) is 0 Å². The van der Waals surface area contributed by atoms with Gasteiger partial charge in [-0.05, 0) is 113 Å². The number of carbonyl (C=O) groups is 2. The average molecular weight is 820 g/mol. The lowest BCUT2D eigenvalue weighted by atomic mass is 9.44. The molecule has 12 atom stereocenters. The fraction of sp³-hybridized carbons (Fsp3) is 0.714. The smallest absolute Gasteiger partial charge is 0.317 e. The van der Waals surface area contributed by atoms with E-state index in [0.29, 0.717) is 36.0 Å². The summed E-state index contributed by atoms with van der Waals surface area (Å²) >= 11 is 0. The van der Waals surface area contributed by atoms with E-state index in [1.54, 1.807) is 25.1 Å². The summed E-state index contributed by atoms with van der Waals surface area (Å²) in [6.45, 7) is 9.92. The van der Waals surface area contributed by atoms with Gasteiger partial charge >= 0.3 is 7.82 Å². The molecule has 4 saturated carbocycles. The quantitative estimate of drug-likeness (QED) is 0.168. The molecule has 0 bridgehead atoms. The van der Waals surface area contributed by atoms with Crippen LogP contribution < -0.4 is 14.7 Å². The van der Waals surface area contributed by atoms with Crippen LogP contribution in [0.5, 0.6) is 5.75 Å². The van der Waals surface area contributed by atoms with Crippen LogP contribution >= 0.6 is 7.82 Å². The van der Waals surface area contributed by atoms with E-state index in [4.69, 9.17) is 14.0 Å². The van der Waals surface area contributed by atoms with Gasteiger partial charge in [-0.15, -0.1) is 0 Å². The number of phosphoric ester groups is 1. The highest BCUT2D eigenvalue weighted by Gasteiger charge is 2.80. The molecule has 1 aliphatic heterocycles. The molecule has 1 heterocycles. The van der Waals surface area contributed by atoms with Crippen LogP contribution in [0.3, 0.4) is 0 Å². The van der Waals surface area contributed by atoms with E-state index in [-0.39, 0.29) is 59.2 Å². The molecule has 4 N–H and O–H groups in total. The molecule has 0 spiro atoms. The summed E-state index contributed by atoms with van der Waals surface area (Å²) in [7, 11) is -5.93. The highest BCUT2D eigenvalue weighted by molar-refractivity contribution is 7.96. The standard InChI is InChI=1S/C42H59FNO10PS/c1-38(2,3)44-22-32(46)26-12-15-33(54-55(49,50)51)27(18-26)23-56(6)24-35(48)42-36(52-37(53-42)25-10-8-7-9-11-25)20-31-30-14-13-28-19-29(45)16-17-39(28,4)41(30,43)34(47)21-40(31,42)5/h12,15-19,25,30-32,34,36-37,44,46-47H,7-11,13-14,20-24H2,1-6H3,(H-,49,50,51)/t30-,31-,32?,34-,36+,37+,39-,40-,41-,42+,56?/m0/s1. The van der Waals surface area contributed by atoms with E-state index in [2.05, 4.69) is 5.32 Å². The van der Waals surface area contributed by atoms with Crippen LogP contribution in [0.1, 0.15) is 110 Å². The number of ketones is 2. The molecule has 6 aliphatic rings. The first kappa shape index (κ1) is 42.2. The number of carbonyl (C=O) groups excluding carboxylic acids is 2. The number of Topliss-reactive ketones (excluding diaryl/α,β-unsaturated/α-hetero) is 1. The van der Waals surface area contributed by atoms with Crippen molar-refractivity contribution in [2.24, 2.45) is 28.6 Å². The molecule has 7 rings (SSSR count). The molecule has 5 fully saturated rings. The van der Waals surface area contributed by atoms with Crippen LogP contribution in [0.2, 0.25) is 0 Å². The minimum absolute atomic E-state index is 0.0222. The van der Waals surface area contributed by atoms with Gasteiger partial charge in [-0.1, -0.05) is 43.9 Å². The lowest BCUT2D eigenvalue weighted by Crippen LogP contribution is -2.70. The Hall–Kier alpha value is -1.93. The van der Waals surface area contributed by atoms with Gasteiger partial charge in [-0.2, -0.15) is 0 Å². The molecule has 5 aliphatic carbocycles. The predicted octanol–water partition coefficient (Wildman–Crippen LogP) is 5.31. The molecule has 11 nitrogen and oxygen atoms in total. The molecule has 56 heavy (non-hydrogen) atoms. The monoisotopic (exact) mass is 819 g/mol. The summed E-state index contributed by atoms with van der Waals surface area (Å²) in [6, 6.07) is 4.60. The van der Waals surface area contributed by atoms with Gasteiger partial charge in [0.15, 0.2) is 29.1 Å². The lowest BCUT2D eigenvalue weighted by Gasteiger charge is -2.62. The Morgan fingerprint density at radius 1 is 1.18 bits per heavy atom. The van der Waals surface area contributed by atoms with Crippen LogP contribution in [0, 0.1) is 28.6 Å². The SMILES string of the molecule is C[S+](CC(=O)[C@@]12O[C@H](C3CCCCC3)O[C@@H]1C[C@H]1[C@@H]3CCC4=CC(=O)C=C[C@]4(C)[C@@]3(F)[C@@H](O)C[C@@]12C)Cc1cc(C(O)CNC(C)(C)C)ccc1OP(=O)([O-])O. The van der Waals surface area contributed by atoms with Crippen molar-refractivity contribution in [3.8, 4) is 5.75 Å². The van der Waals surface area contributed by atoms with Crippen molar-refractivity contribution in [2.45, 2.75) is 140 Å². The van der Waals surface area contributed by atoms with Gasteiger partial charge in [0.1, 0.15) is 11.5 Å². The molecule has 0 aromatic heterocycles. The van der Waals surface area contributed by atoms with E-state index in [1.807, 2.05) is 34.0 Å². The van der Waals surface area contributed by atoms with Crippen molar-refractivity contribution < 1.29 is 52.5 Å². The number of allylic oxidation sites excluding steroid dienone is 4. The third kappa shape index (κ3) is 7.23. The zero-order chi connectivity index (χ0) is 40.6. The van der Waals surface area contributed by atoms with Crippen LogP contribution in [0.4, 0.5) is 4.39 Å². The van der Waals surface area contributed by atoms with E-state index >= 15 is 9.18 Å². The van der Waals surface area contributed by atoms with E-state index in [1.165, 1.54) is 18.2 Å². The summed E-state index contributed by atoms with van der Waals surface area (Å²) in [5.74, 6) is -1.09. The maximum atomic E-state index is 18.0. The molecule has 3 unspecified atom stereocenters. The Morgan fingerprint density at radius 2 is 1.89 bits per heavy atom. The number of β-amino-alcohol motifs (C(OH)–C–C–N with tert-alkyl or cyclic N) is 1. The van der Waals surface area contributed by atoms with Crippen LogP contribution in [0.25, 0.3) is 0 Å². The fourth-order valence-corrected chi connectivity index (χ4v) is 13.3. The number of aliphatic hydroxyl groups is 2. The molecule has 1 aromatic carbocycles. The van der Waals surface area contributed by atoms with Gasteiger partial charge < -0.3 is 39.3 Å². The van der Waals surface area contributed by atoms with E-state index in [0.717, 1.165) is 32.1 Å². The molecular formula is C42H59FNO10PS. The number of nitrogens with one attached hydrogen (secondary N) is 1. The normalized spacial score (nSPS) is 39.1. The molecular weight excluding hydrogens is 760 g/mol. The summed E-state index contributed by atoms with van der Waals surface area (Å²) < 4.78 is 48.8. The second-order valence-corrected chi connectivity index (χ2v) is 22.1. The number of alkyl halides is 1. The van der Waals surface area contributed by atoms with E-state index < -0.39 is 71.3 Å². The topological polar surface area (TPSA) is 175 Å². The van der Waals surface area contributed by atoms with Crippen LogP contribution in [0.15, 0.2) is 42.0 Å². The van der Waals surface area contributed by atoms with Crippen molar-refractivity contribution in [1.29, 1.82) is 0 Å². The first-order valence-electron chi connectivity index (χ1n) is 20.2. The fourth-order valence-electron chi connectivity index (χ4n) is 11.4. The van der Waals surface area contributed by atoms with Crippen molar-refractivity contribution in [3.05, 3.63) is 53.1 Å². The highest BCUT2D eigenvalue weighted by atomic mass is 32.2. The summed E-state index contributed by atoms with van der Waals surface area (Å²) in [4.78, 5) is 49.1. The van der Waals surface area contributed by atoms with Crippen molar-refractivity contribution in [1.82, 2.24) is 5.32 Å². The van der Waals surface area contributed by atoms with Gasteiger partial charge in [0.2, 0.25) is 5.78 Å². The number of aliphatic hydroxyl groups excluding tert-OH is 2. The highest BCUT2D eigenvalue weighted by Crippen LogP contribution is 2.72. The van der Waals surface area contributed by atoms with Gasteiger partial charge in [-0.3, -0.25) is 14.2 Å². The van der Waals surface area contributed by atoms with Gasteiger partial charge in [0.05, 0.1) is 24.6 Å². The minimum atomic E-state index is -5.18. The molecule has 1 saturated heterocycles. The number of phosphoric acid groups is 1. The van der Waals surface area contributed by atoms with Crippen molar-refractivity contribution >= 4 is 30.3 Å². The van der Waals surface area contributed by atoms with Gasteiger partial charge in [0.25, 0.3) is 0 Å². The Kier molecular flexibility index (Phi) is 11.3. The maximum Gasteiger partial charge on any atom is 0.317 e. The summed E-state index contributed by atoms with van der Waals surface area (Å²) in [5.41, 5.74) is -4.31. The molecule has 0 radical (unpaired) electrons. The number of halogens is 1. The first-order chi connectivity index (χ1) is 26.1. The lowest BCUT2D eigenvalue weighted by molar-refractivity contribution is -0.234. The third-order valence-corrected chi connectivity index (χ3v) is 16.1. The number of rotatable bonds is 11. The summed E-state index contributed by atoms with van der Waals surface area (Å²) in [6.07, 6.45) is 9.18.